The second-order valence-corrected chi connectivity index (χ2v) is 7.74. The summed E-state index contributed by atoms with van der Waals surface area (Å²) in [6, 6.07) is 17.3. The second kappa shape index (κ2) is 7.65. The molecule has 4 rings (SSSR count). The molecule has 29 heavy (non-hydrogen) atoms. The number of rotatable bonds is 4. The van der Waals surface area contributed by atoms with E-state index < -0.39 is 4.92 Å². The normalized spacial score (nSPS) is 15.3. The van der Waals surface area contributed by atoms with Crippen molar-refractivity contribution in [1.29, 1.82) is 0 Å². The van der Waals surface area contributed by atoms with Crippen LogP contribution < -0.4 is 4.90 Å². The third kappa shape index (κ3) is 3.85. The molecule has 0 aliphatic carbocycles. The summed E-state index contributed by atoms with van der Waals surface area (Å²) in [5, 5.41) is 10.8. The predicted octanol–water partition coefficient (Wildman–Crippen LogP) is 6.20. The van der Waals surface area contributed by atoms with Crippen molar-refractivity contribution < 1.29 is 14.1 Å². The van der Waals surface area contributed by atoms with Gasteiger partial charge < -0.3 is 4.42 Å². The van der Waals surface area contributed by atoms with Gasteiger partial charge in [-0.3, -0.25) is 19.8 Å². The van der Waals surface area contributed by atoms with Gasteiger partial charge in [0, 0.05) is 17.7 Å². The van der Waals surface area contributed by atoms with Gasteiger partial charge in [0.1, 0.15) is 16.5 Å². The van der Waals surface area contributed by atoms with Crippen LogP contribution in [0.4, 0.5) is 16.2 Å². The third-order valence-electron chi connectivity index (χ3n) is 4.33. The van der Waals surface area contributed by atoms with Crippen LogP contribution in [0.15, 0.2) is 70.0 Å². The summed E-state index contributed by atoms with van der Waals surface area (Å²) in [5.74, 6) is 1.01. The predicted molar refractivity (Wildman–Crippen MR) is 118 cm³/mol. The van der Waals surface area contributed by atoms with Crippen molar-refractivity contribution in [2.75, 3.05) is 4.90 Å². The van der Waals surface area contributed by atoms with Crippen molar-refractivity contribution in [3.05, 3.63) is 87.0 Å². The molecule has 1 fully saturated rings. The van der Waals surface area contributed by atoms with Crippen LogP contribution in [0.5, 0.6) is 0 Å². The molecule has 0 atom stereocenters. The number of benzene rings is 2. The number of thioether (sulfide) groups is 1. The lowest BCUT2D eigenvalue weighted by atomic mass is 10.1. The van der Waals surface area contributed by atoms with Gasteiger partial charge in [-0.15, -0.1) is 0 Å². The van der Waals surface area contributed by atoms with E-state index in [0.29, 0.717) is 27.0 Å². The van der Waals surface area contributed by atoms with Crippen LogP contribution in [0, 0.1) is 17.0 Å². The molecule has 1 aromatic heterocycles. The van der Waals surface area contributed by atoms with Gasteiger partial charge in [-0.05, 0) is 49.0 Å². The van der Waals surface area contributed by atoms with Crippen molar-refractivity contribution in [2.24, 2.45) is 0 Å². The number of anilines is 1. The number of non-ortho nitro benzene ring substituents is 1. The molecule has 3 aromatic rings. The monoisotopic (exact) mass is 422 g/mol. The largest absolute Gasteiger partial charge is 0.457 e. The molecule has 2 heterocycles. The number of furan rings is 1. The summed E-state index contributed by atoms with van der Waals surface area (Å²) < 4.78 is 5.80. The minimum absolute atomic E-state index is 0.00864. The molecule has 2 aromatic carbocycles. The fraction of sp³-hybridized carbons (Fsp3) is 0.0476. The molecule has 1 aliphatic rings. The van der Waals surface area contributed by atoms with Crippen molar-refractivity contribution >= 4 is 51.7 Å². The number of carbonyl (C=O) groups excluding carboxylic acids is 1. The molecule has 0 bridgehead atoms. The van der Waals surface area contributed by atoms with E-state index in [4.69, 9.17) is 16.6 Å². The highest BCUT2D eigenvalue weighted by Crippen LogP contribution is 2.37. The second-order valence-electron chi connectivity index (χ2n) is 6.36. The Kier molecular flexibility index (Phi) is 5.04. The highest BCUT2D eigenvalue weighted by molar-refractivity contribution is 8.20. The lowest BCUT2D eigenvalue weighted by Gasteiger charge is -2.14. The Balaban J connectivity index is 1.60. The minimum Gasteiger partial charge on any atom is -0.457 e. The lowest BCUT2D eigenvalue weighted by molar-refractivity contribution is -0.384. The van der Waals surface area contributed by atoms with Gasteiger partial charge in [0.2, 0.25) is 0 Å². The highest BCUT2D eigenvalue weighted by atomic mass is 32.2. The molecule has 6 nitrogen and oxygen atoms in total. The summed E-state index contributed by atoms with van der Waals surface area (Å²) in [7, 11) is 0. The van der Waals surface area contributed by atoms with E-state index in [1.54, 1.807) is 30.3 Å². The zero-order valence-corrected chi connectivity index (χ0v) is 16.8. The van der Waals surface area contributed by atoms with Crippen LogP contribution in [0.3, 0.4) is 0 Å². The Bertz CT molecular complexity index is 1170. The first-order valence-electron chi connectivity index (χ1n) is 8.62. The zero-order chi connectivity index (χ0) is 20.5. The maximum Gasteiger partial charge on any atom is 0.296 e. The summed E-state index contributed by atoms with van der Waals surface area (Å²) in [6.45, 7) is 1.98. The van der Waals surface area contributed by atoms with E-state index in [1.165, 1.54) is 17.0 Å². The number of aryl methyl sites for hydroxylation is 1. The molecule has 0 N–H and O–H groups in total. The van der Waals surface area contributed by atoms with Gasteiger partial charge >= 0.3 is 0 Å². The van der Waals surface area contributed by atoms with Crippen LogP contribution in [0.1, 0.15) is 11.3 Å². The minimum atomic E-state index is -0.450. The molecule has 0 unspecified atom stereocenters. The first-order chi connectivity index (χ1) is 13.9. The van der Waals surface area contributed by atoms with E-state index in [9.17, 15) is 14.9 Å². The summed E-state index contributed by atoms with van der Waals surface area (Å²) in [4.78, 5) is 25.5. The van der Waals surface area contributed by atoms with Gasteiger partial charge in [-0.25, -0.2) is 0 Å². The number of nitro benzene ring substituents is 1. The summed E-state index contributed by atoms with van der Waals surface area (Å²) in [5.41, 5.74) is 2.41. The molecule has 1 saturated heterocycles. The fourth-order valence-corrected chi connectivity index (χ4v) is 4.13. The highest BCUT2D eigenvalue weighted by Gasteiger charge is 2.33. The molecule has 1 aliphatic heterocycles. The van der Waals surface area contributed by atoms with E-state index >= 15 is 0 Å². The molecular formula is C21H14N2O4S2. The first kappa shape index (κ1) is 19.1. The maximum atomic E-state index is 12.5. The molecular weight excluding hydrogens is 408 g/mol. The van der Waals surface area contributed by atoms with E-state index in [-0.39, 0.29) is 10.9 Å². The number of hydrogen-bond donors (Lipinski definition) is 0. The van der Waals surface area contributed by atoms with Gasteiger partial charge in [0.05, 0.1) is 15.5 Å². The Morgan fingerprint density at radius 2 is 1.90 bits per heavy atom. The van der Waals surface area contributed by atoms with E-state index in [2.05, 4.69) is 0 Å². The number of amides is 1. The number of nitro groups is 1. The number of nitrogens with zero attached hydrogens (tertiary/aromatic N) is 2. The molecule has 0 spiro atoms. The Hall–Kier alpha value is -3.23. The lowest BCUT2D eigenvalue weighted by Crippen LogP contribution is -2.26. The van der Waals surface area contributed by atoms with Crippen LogP contribution in [0.25, 0.3) is 17.4 Å². The standard InChI is InChI=1S/C21H14N2O4S2/c1-13-5-7-15(8-6-13)22-20(28)19(29-21(22)24)12-17-9-10-18(27-17)14-3-2-4-16(11-14)23(25)26/h2-12H,1H3. The van der Waals surface area contributed by atoms with Crippen molar-refractivity contribution in [3.8, 4) is 11.3 Å². The van der Waals surface area contributed by atoms with Gasteiger partial charge in [-0.1, -0.05) is 42.0 Å². The SMILES string of the molecule is Cc1ccc(N2C(=O)SC(=Cc3ccc(-c4cccc([N+](=O)[O-])c4)o3)C2=S)cc1. The van der Waals surface area contributed by atoms with E-state index in [0.717, 1.165) is 23.0 Å². The van der Waals surface area contributed by atoms with E-state index in [1.807, 2.05) is 31.2 Å². The van der Waals surface area contributed by atoms with Crippen molar-refractivity contribution in [3.63, 3.8) is 0 Å². The molecule has 8 heteroatoms. The average molecular weight is 422 g/mol. The molecule has 0 saturated carbocycles. The maximum absolute atomic E-state index is 12.5. The third-order valence-corrected chi connectivity index (χ3v) is 5.75. The fourth-order valence-electron chi connectivity index (χ4n) is 2.87. The van der Waals surface area contributed by atoms with Crippen LogP contribution in [-0.4, -0.2) is 15.2 Å². The molecule has 0 radical (unpaired) electrons. The van der Waals surface area contributed by atoms with Gasteiger partial charge in [0.15, 0.2) is 0 Å². The molecule has 144 valence electrons. The average Bonchev–Trinajstić information content (AvgIpc) is 3.28. The molecule has 1 amide bonds. The van der Waals surface area contributed by atoms with Crippen LogP contribution >= 0.6 is 24.0 Å². The smallest absolute Gasteiger partial charge is 0.296 e. The Labute approximate surface area is 176 Å². The number of carbonyl (C=O) groups is 1. The number of hydrogen-bond acceptors (Lipinski definition) is 6. The van der Waals surface area contributed by atoms with Gasteiger partial charge in [0.25, 0.3) is 10.9 Å². The Morgan fingerprint density at radius 3 is 2.62 bits per heavy atom. The summed E-state index contributed by atoms with van der Waals surface area (Å²) >= 11 is 6.54. The number of thiocarbonyl (C=S) groups is 1. The first-order valence-corrected chi connectivity index (χ1v) is 9.84. The van der Waals surface area contributed by atoms with Gasteiger partial charge in [-0.2, -0.15) is 0 Å². The Morgan fingerprint density at radius 1 is 1.14 bits per heavy atom. The summed E-state index contributed by atoms with van der Waals surface area (Å²) in [6.07, 6.45) is 1.71. The van der Waals surface area contributed by atoms with Crippen LogP contribution in [0.2, 0.25) is 0 Å². The topological polar surface area (TPSA) is 76.6 Å². The van der Waals surface area contributed by atoms with Crippen LogP contribution in [-0.2, 0) is 0 Å². The van der Waals surface area contributed by atoms with Crippen molar-refractivity contribution in [1.82, 2.24) is 0 Å². The quantitative estimate of drug-likeness (QED) is 0.215. The van der Waals surface area contributed by atoms with Crippen molar-refractivity contribution in [2.45, 2.75) is 6.92 Å². The zero-order valence-electron chi connectivity index (χ0n) is 15.2.